The molecule has 15 heavy (non-hydrogen) atoms. The molecule has 1 aromatic carbocycles. The lowest BCUT2D eigenvalue weighted by atomic mass is 10.2. The lowest BCUT2D eigenvalue weighted by molar-refractivity contribution is 0.0951. The van der Waals surface area contributed by atoms with Crippen molar-refractivity contribution in [3.8, 4) is 5.75 Å². The molecular formula is C11H12ClNO2. The third kappa shape index (κ3) is 2.42. The first-order valence-electron chi connectivity index (χ1n) is 4.85. The molecule has 0 unspecified atom stereocenters. The van der Waals surface area contributed by atoms with Crippen LogP contribution in [0.4, 0.5) is 0 Å². The predicted molar refractivity (Wildman–Crippen MR) is 58.5 cm³/mol. The zero-order valence-electron chi connectivity index (χ0n) is 8.42. The maximum Gasteiger partial charge on any atom is 0.251 e. The Kier molecular flexibility index (Phi) is 2.82. The van der Waals surface area contributed by atoms with Gasteiger partial charge in [-0.25, -0.2) is 0 Å². The number of halogens is 1. The van der Waals surface area contributed by atoms with Crippen LogP contribution in [0.5, 0.6) is 5.75 Å². The van der Waals surface area contributed by atoms with E-state index < -0.39 is 0 Å². The number of methoxy groups -OCH3 is 1. The van der Waals surface area contributed by atoms with Crippen LogP contribution in [0.25, 0.3) is 0 Å². The van der Waals surface area contributed by atoms with Crippen molar-refractivity contribution in [3.63, 3.8) is 0 Å². The number of ether oxygens (including phenoxy) is 1. The molecule has 3 nitrogen and oxygen atoms in total. The first kappa shape index (κ1) is 10.3. The van der Waals surface area contributed by atoms with Crippen molar-refractivity contribution in [2.24, 2.45) is 0 Å². The van der Waals surface area contributed by atoms with Gasteiger partial charge < -0.3 is 10.1 Å². The molecule has 0 spiro atoms. The third-order valence-electron chi connectivity index (χ3n) is 2.33. The number of hydrogen-bond acceptors (Lipinski definition) is 2. The number of carbonyl (C=O) groups excluding carboxylic acids is 1. The molecule has 1 saturated carbocycles. The molecule has 1 aliphatic rings. The molecule has 0 aliphatic heterocycles. The van der Waals surface area contributed by atoms with E-state index in [-0.39, 0.29) is 5.91 Å². The summed E-state index contributed by atoms with van der Waals surface area (Å²) in [6.45, 7) is 0. The van der Waals surface area contributed by atoms with Crippen molar-refractivity contribution in [1.29, 1.82) is 0 Å². The number of nitrogens with one attached hydrogen (secondary N) is 1. The molecule has 0 heterocycles. The lowest BCUT2D eigenvalue weighted by Gasteiger charge is -2.06. The van der Waals surface area contributed by atoms with E-state index in [9.17, 15) is 4.79 Å². The van der Waals surface area contributed by atoms with Gasteiger partial charge in [0.25, 0.3) is 5.91 Å². The van der Waals surface area contributed by atoms with Gasteiger partial charge in [0, 0.05) is 11.6 Å². The zero-order chi connectivity index (χ0) is 10.8. The van der Waals surface area contributed by atoms with Crippen LogP contribution in [0.1, 0.15) is 23.2 Å². The van der Waals surface area contributed by atoms with Crippen molar-refractivity contribution >= 4 is 17.5 Å². The molecule has 2 rings (SSSR count). The van der Waals surface area contributed by atoms with Gasteiger partial charge in [0.2, 0.25) is 0 Å². The van der Waals surface area contributed by atoms with Crippen molar-refractivity contribution < 1.29 is 9.53 Å². The van der Waals surface area contributed by atoms with Crippen molar-refractivity contribution in [2.45, 2.75) is 18.9 Å². The number of benzene rings is 1. The molecular weight excluding hydrogens is 214 g/mol. The van der Waals surface area contributed by atoms with Gasteiger partial charge in [-0.05, 0) is 31.0 Å². The highest BCUT2D eigenvalue weighted by Crippen LogP contribution is 2.25. The van der Waals surface area contributed by atoms with E-state index >= 15 is 0 Å². The molecule has 0 saturated heterocycles. The summed E-state index contributed by atoms with van der Waals surface area (Å²) in [7, 11) is 1.55. The molecule has 1 N–H and O–H groups in total. The largest absolute Gasteiger partial charge is 0.495 e. The summed E-state index contributed by atoms with van der Waals surface area (Å²) >= 11 is 5.92. The molecule has 1 fully saturated rings. The maximum absolute atomic E-state index is 11.6. The second kappa shape index (κ2) is 4.11. The monoisotopic (exact) mass is 225 g/mol. The Bertz CT molecular complexity index is 388. The molecule has 0 atom stereocenters. The van der Waals surface area contributed by atoms with E-state index in [4.69, 9.17) is 16.3 Å². The topological polar surface area (TPSA) is 38.3 Å². The Morgan fingerprint density at radius 1 is 1.53 bits per heavy atom. The van der Waals surface area contributed by atoms with Crippen LogP contribution in [0.3, 0.4) is 0 Å². The summed E-state index contributed by atoms with van der Waals surface area (Å²) in [5.74, 6) is 0.515. The van der Waals surface area contributed by atoms with Gasteiger partial charge in [0.1, 0.15) is 5.75 Å². The Morgan fingerprint density at radius 3 is 2.80 bits per heavy atom. The molecule has 4 heteroatoms. The number of amides is 1. The van der Waals surface area contributed by atoms with Crippen LogP contribution in [-0.2, 0) is 0 Å². The molecule has 0 radical (unpaired) electrons. The SMILES string of the molecule is COc1ccc(C(=O)NC2CC2)cc1Cl. The number of hydrogen-bond donors (Lipinski definition) is 1. The molecule has 1 aliphatic carbocycles. The maximum atomic E-state index is 11.6. The van der Waals surface area contributed by atoms with Crippen LogP contribution < -0.4 is 10.1 Å². The van der Waals surface area contributed by atoms with Gasteiger partial charge in [0.05, 0.1) is 12.1 Å². The quantitative estimate of drug-likeness (QED) is 0.857. The van der Waals surface area contributed by atoms with E-state index in [1.165, 1.54) is 0 Å². The second-order valence-electron chi connectivity index (χ2n) is 3.60. The summed E-state index contributed by atoms with van der Waals surface area (Å²) < 4.78 is 5.01. The minimum Gasteiger partial charge on any atom is -0.495 e. The fourth-order valence-electron chi connectivity index (χ4n) is 1.30. The Hall–Kier alpha value is -1.22. The van der Waals surface area contributed by atoms with Gasteiger partial charge in [-0.3, -0.25) is 4.79 Å². The standard InChI is InChI=1S/C11H12ClNO2/c1-15-10-5-2-7(6-9(10)12)11(14)13-8-3-4-8/h2,5-6,8H,3-4H2,1H3,(H,13,14). The van der Waals surface area contributed by atoms with Crippen LogP contribution in [-0.4, -0.2) is 19.1 Å². The van der Waals surface area contributed by atoms with Gasteiger partial charge in [0.15, 0.2) is 0 Å². The predicted octanol–water partition coefficient (Wildman–Crippen LogP) is 2.24. The Balaban J connectivity index is 2.13. The van der Waals surface area contributed by atoms with Gasteiger partial charge in [-0.15, -0.1) is 0 Å². The highest BCUT2D eigenvalue weighted by atomic mass is 35.5. The van der Waals surface area contributed by atoms with Crippen molar-refractivity contribution in [1.82, 2.24) is 5.32 Å². The van der Waals surface area contributed by atoms with E-state index in [1.54, 1.807) is 25.3 Å². The van der Waals surface area contributed by atoms with E-state index in [0.717, 1.165) is 12.8 Å². The highest BCUT2D eigenvalue weighted by Gasteiger charge is 2.23. The van der Waals surface area contributed by atoms with Gasteiger partial charge >= 0.3 is 0 Å². The summed E-state index contributed by atoms with van der Waals surface area (Å²) in [4.78, 5) is 11.6. The molecule has 0 bridgehead atoms. The summed E-state index contributed by atoms with van der Waals surface area (Å²) in [5.41, 5.74) is 0.577. The van der Waals surface area contributed by atoms with Crippen LogP contribution in [0.2, 0.25) is 5.02 Å². The molecule has 1 aromatic rings. The Labute approximate surface area is 93.4 Å². The molecule has 80 valence electrons. The van der Waals surface area contributed by atoms with Crippen LogP contribution in [0, 0.1) is 0 Å². The number of rotatable bonds is 3. The first-order chi connectivity index (χ1) is 7.20. The highest BCUT2D eigenvalue weighted by molar-refractivity contribution is 6.32. The normalized spacial score (nSPS) is 14.8. The van der Waals surface area contributed by atoms with Gasteiger partial charge in [-0.2, -0.15) is 0 Å². The average Bonchev–Trinajstić information content (AvgIpc) is 3.01. The second-order valence-corrected chi connectivity index (χ2v) is 4.00. The summed E-state index contributed by atoms with van der Waals surface area (Å²) in [5, 5.41) is 3.36. The lowest BCUT2D eigenvalue weighted by Crippen LogP contribution is -2.25. The molecule has 1 amide bonds. The first-order valence-corrected chi connectivity index (χ1v) is 5.23. The average molecular weight is 226 g/mol. The zero-order valence-corrected chi connectivity index (χ0v) is 9.17. The fraction of sp³-hybridized carbons (Fsp3) is 0.364. The minimum absolute atomic E-state index is 0.0675. The van der Waals surface area contributed by atoms with E-state index in [2.05, 4.69) is 5.32 Å². The smallest absolute Gasteiger partial charge is 0.251 e. The molecule has 0 aromatic heterocycles. The summed E-state index contributed by atoms with van der Waals surface area (Å²) in [6.07, 6.45) is 2.16. The minimum atomic E-state index is -0.0675. The number of carbonyl (C=O) groups is 1. The van der Waals surface area contributed by atoms with Crippen LogP contribution >= 0.6 is 11.6 Å². The van der Waals surface area contributed by atoms with Crippen molar-refractivity contribution in [2.75, 3.05) is 7.11 Å². The fourth-order valence-corrected chi connectivity index (χ4v) is 1.56. The Morgan fingerprint density at radius 2 is 2.27 bits per heavy atom. The van der Waals surface area contributed by atoms with Crippen LogP contribution in [0.15, 0.2) is 18.2 Å². The van der Waals surface area contributed by atoms with Crippen molar-refractivity contribution in [3.05, 3.63) is 28.8 Å². The van der Waals surface area contributed by atoms with E-state index in [1.807, 2.05) is 0 Å². The summed E-state index contributed by atoms with van der Waals surface area (Å²) in [6, 6.07) is 5.39. The van der Waals surface area contributed by atoms with Gasteiger partial charge in [-0.1, -0.05) is 11.6 Å². The third-order valence-corrected chi connectivity index (χ3v) is 2.62. The van der Waals surface area contributed by atoms with E-state index in [0.29, 0.717) is 22.4 Å².